The Balaban J connectivity index is 1.23. The smallest absolute Gasteiger partial charge is 0.234 e. The molecule has 0 atom stereocenters. The van der Waals surface area contributed by atoms with E-state index in [9.17, 15) is 14.0 Å². The first-order valence-electron chi connectivity index (χ1n) is 9.02. The van der Waals surface area contributed by atoms with Crippen LogP contribution in [0.1, 0.15) is 0 Å². The van der Waals surface area contributed by atoms with E-state index < -0.39 is 0 Å². The van der Waals surface area contributed by atoms with E-state index in [0.29, 0.717) is 11.4 Å². The second kappa shape index (κ2) is 9.10. The van der Waals surface area contributed by atoms with Crippen molar-refractivity contribution in [3.8, 4) is 11.3 Å². The number of imidazole rings is 1. The summed E-state index contributed by atoms with van der Waals surface area (Å²) in [7, 11) is 0. The lowest BCUT2D eigenvalue weighted by molar-refractivity contribution is -0.114. The van der Waals surface area contributed by atoms with E-state index >= 15 is 0 Å². The van der Waals surface area contributed by atoms with Crippen molar-refractivity contribution in [2.45, 2.75) is 0 Å². The number of carbonyl (C=O) groups is 2. The van der Waals surface area contributed by atoms with E-state index in [-0.39, 0.29) is 29.1 Å². The Kier molecular flexibility index (Phi) is 6.10. The van der Waals surface area contributed by atoms with Gasteiger partial charge >= 0.3 is 0 Å². The monoisotopic (exact) mass is 440 g/mol. The summed E-state index contributed by atoms with van der Waals surface area (Å²) in [4.78, 5) is 29.5. The molecule has 0 saturated carbocycles. The zero-order valence-electron chi connectivity index (χ0n) is 15.7. The van der Waals surface area contributed by atoms with Crippen LogP contribution in [0.3, 0.4) is 0 Å². The Morgan fingerprint density at radius 1 is 0.967 bits per heavy atom. The number of rotatable bonds is 7. The highest BCUT2D eigenvalue weighted by molar-refractivity contribution is 8.00. The number of thiazole rings is 1. The van der Waals surface area contributed by atoms with E-state index in [1.165, 1.54) is 36.0 Å². The fourth-order valence-electron chi connectivity index (χ4n) is 2.75. The van der Waals surface area contributed by atoms with Gasteiger partial charge in [0.05, 0.1) is 17.2 Å². The Hall–Kier alpha value is -3.17. The molecule has 0 fully saturated rings. The van der Waals surface area contributed by atoms with Crippen LogP contribution in [0, 0.1) is 5.82 Å². The van der Waals surface area contributed by atoms with Gasteiger partial charge in [-0.2, -0.15) is 0 Å². The Bertz CT molecular complexity index is 1140. The minimum atomic E-state index is -0.364. The average molecular weight is 441 g/mol. The van der Waals surface area contributed by atoms with E-state index in [1.54, 1.807) is 11.3 Å². The lowest BCUT2D eigenvalue weighted by Gasteiger charge is -2.07. The molecule has 2 aromatic heterocycles. The van der Waals surface area contributed by atoms with Gasteiger partial charge in [-0.25, -0.2) is 9.37 Å². The summed E-state index contributed by atoms with van der Waals surface area (Å²) in [6.45, 7) is 0. The topological polar surface area (TPSA) is 75.5 Å². The van der Waals surface area contributed by atoms with Gasteiger partial charge in [0.15, 0.2) is 4.96 Å². The van der Waals surface area contributed by atoms with Crippen molar-refractivity contribution in [3.05, 3.63) is 72.1 Å². The van der Waals surface area contributed by atoms with E-state index in [2.05, 4.69) is 15.6 Å². The van der Waals surface area contributed by atoms with Gasteiger partial charge in [-0.05, 0) is 36.4 Å². The number of hydrogen-bond donors (Lipinski definition) is 2. The number of aromatic nitrogens is 2. The molecule has 2 aromatic carbocycles. The van der Waals surface area contributed by atoms with E-state index in [0.717, 1.165) is 16.2 Å². The normalized spacial score (nSPS) is 10.8. The molecule has 4 rings (SSSR count). The molecule has 2 heterocycles. The zero-order chi connectivity index (χ0) is 20.9. The molecule has 6 nitrogen and oxygen atoms in total. The molecule has 0 unspecified atom stereocenters. The van der Waals surface area contributed by atoms with Crippen molar-refractivity contribution in [2.75, 3.05) is 22.1 Å². The van der Waals surface area contributed by atoms with Crippen molar-refractivity contribution < 1.29 is 14.0 Å². The molecular formula is C21H17FN4O2S2. The fraction of sp³-hybridized carbons (Fsp3) is 0.0952. The molecule has 2 amide bonds. The summed E-state index contributed by atoms with van der Waals surface area (Å²) in [5.74, 6) is -0.526. The summed E-state index contributed by atoms with van der Waals surface area (Å²) in [5, 5.41) is 7.45. The number of anilines is 2. The highest BCUT2D eigenvalue weighted by Gasteiger charge is 2.08. The van der Waals surface area contributed by atoms with Gasteiger partial charge in [-0.3, -0.25) is 14.0 Å². The second-order valence-corrected chi connectivity index (χ2v) is 8.25. The predicted octanol–water partition coefficient (Wildman–Crippen LogP) is 4.51. The number of hydrogen-bond acceptors (Lipinski definition) is 5. The Morgan fingerprint density at radius 2 is 1.57 bits per heavy atom. The molecule has 0 bridgehead atoms. The van der Waals surface area contributed by atoms with Gasteiger partial charge < -0.3 is 10.6 Å². The van der Waals surface area contributed by atoms with E-state index in [4.69, 9.17) is 0 Å². The maximum absolute atomic E-state index is 12.9. The summed E-state index contributed by atoms with van der Waals surface area (Å²) in [6, 6.07) is 13.0. The summed E-state index contributed by atoms with van der Waals surface area (Å²) in [6.07, 6.45) is 3.93. The lowest BCUT2D eigenvalue weighted by Crippen LogP contribution is -2.18. The molecule has 2 N–H and O–H groups in total. The molecule has 4 aromatic rings. The minimum Gasteiger partial charge on any atom is -0.325 e. The third-order valence-corrected chi connectivity index (χ3v) is 5.86. The fourth-order valence-corrected chi connectivity index (χ4v) is 4.07. The van der Waals surface area contributed by atoms with E-state index in [1.807, 2.05) is 46.4 Å². The van der Waals surface area contributed by atoms with Crippen LogP contribution in [0.5, 0.6) is 0 Å². The molecule has 9 heteroatoms. The minimum absolute atomic E-state index is 0.126. The number of nitrogens with one attached hydrogen (secondary N) is 2. The highest BCUT2D eigenvalue weighted by Crippen LogP contribution is 2.23. The summed E-state index contributed by atoms with van der Waals surface area (Å²) < 4.78 is 14.8. The number of amides is 2. The van der Waals surface area contributed by atoms with Crippen LogP contribution in [0.25, 0.3) is 16.2 Å². The van der Waals surface area contributed by atoms with Crippen LogP contribution < -0.4 is 10.6 Å². The molecule has 30 heavy (non-hydrogen) atoms. The quantitative estimate of drug-likeness (QED) is 0.443. The van der Waals surface area contributed by atoms with Crippen LogP contribution in [0.4, 0.5) is 15.8 Å². The maximum atomic E-state index is 12.9. The van der Waals surface area contributed by atoms with Gasteiger partial charge in [-0.1, -0.05) is 12.1 Å². The molecule has 0 radical (unpaired) electrons. The number of halogens is 1. The van der Waals surface area contributed by atoms with Crippen molar-refractivity contribution in [1.29, 1.82) is 0 Å². The first kappa shape index (κ1) is 20.1. The molecule has 152 valence electrons. The van der Waals surface area contributed by atoms with Gasteiger partial charge in [-0.15, -0.1) is 23.1 Å². The van der Waals surface area contributed by atoms with Crippen molar-refractivity contribution >= 4 is 51.2 Å². The highest BCUT2D eigenvalue weighted by atomic mass is 32.2. The first-order valence-corrected chi connectivity index (χ1v) is 11.1. The molecular weight excluding hydrogens is 423 g/mol. The van der Waals surface area contributed by atoms with Crippen LogP contribution in [0.15, 0.2) is 66.3 Å². The number of fused-ring (bicyclic) bond motifs is 1. The maximum Gasteiger partial charge on any atom is 0.234 e. The van der Waals surface area contributed by atoms with Crippen molar-refractivity contribution in [2.24, 2.45) is 0 Å². The van der Waals surface area contributed by atoms with Crippen LogP contribution in [-0.2, 0) is 9.59 Å². The molecule has 0 spiro atoms. The predicted molar refractivity (Wildman–Crippen MR) is 119 cm³/mol. The van der Waals surface area contributed by atoms with Gasteiger partial charge in [0.1, 0.15) is 5.82 Å². The van der Waals surface area contributed by atoms with Crippen molar-refractivity contribution in [1.82, 2.24) is 9.38 Å². The number of nitrogens with zero attached hydrogens (tertiary/aromatic N) is 2. The second-order valence-electron chi connectivity index (χ2n) is 6.39. The number of thioether (sulfide) groups is 1. The lowest BCUT2D eigenvalue weighted by atomic mass is 10.1. The molecule has 0 aliphatic rings. The zero-order valence-corrected chi connectivity index (χ0v) is 17.3. The summed E-state index contributed by atoms with van der Waals surface area (Å²) in [5.41, 5.74) is 3.04. The molecule has 0 aliphatic carbocycles. The Labute approximate surface area is 180 Å². The average Bonchev–Trinajstić information content (AvgIpc) is 3.33. The first-order chi connectivity index (χ1) is 14.6. The van der Waals surface area contributed by atoms with Gasteiger partial charge in [0.2, 0.25) is 11.8 Å². The molecule has 0 aliphatic heterocycles. The van der Waals surface area contributed by atoms with Crippen molar-refractivity contribution in [3.63, 3.8) is 0 Å². The Morgan fingerprint density at radius 3 is 2.17 bits per heavy atom. The van der Waals surface area contributed by atoms with Crippen LogP contribution in [-0.4, -0.2) is 32.7 Å². The molecule has 0 saturated heterocycles. The summed E-state index contributed by atoms with van der Waals surface area (Å²) >= 11 is 2.78. The third-order valence-electron chi connectivity index (χ3n) is 4.15. The SMILES string of the molecule is O=C(CSCC(=O)Nc1ccc(-c2cn3ccsc3n2)cc1)Nc1ccc(F)cc1. The number of benzene rings is 2. The van der Waals surface area contributed by atoms with Crippen LogP contribution >= 0.6 is 23.1 Å². The van der Waals surface area contributed by atoms with Crippen LogP contribution in [0.2, 0.25) is 0 Å². The van der Waals surface area contributed by atoms with Gasteiger partial charge in [0, 0.05) is 34.7 Å². The third kappa shape index (κ3) is 5.05. The van der Waals surface area contributed by atoms with Gasteiger partial charge in [0.25, 0.3) is 0 Å². The number of carbonyl (C=O) groups excluding carboxylic acids is 2. The largest absolute Gasteiger partial charge is 0.325 e. The standard InChI is InChI=1S/C21H17FN4O2S2/c22-15-3-7-17(8-4-15)24-20(28)13-29-12-19(27)23-16-5-1-14(2-6-16)18-11-26-9-10-30-21(26)25-18/h1-11H,12-13H2,(H,23,27)(H,24,28).